The Kier molecular flexibility index (Phi) is 4.04. The summed E-state index contributed by atoms with van der Waals surface area (Å²) in [6.07, 6.45) is 0.469. The van der Waals surface area contributed by atoms with Gasteiger partial charge in [-0.3, -0.25) is 4.79 Å². The molecule has 108 valence electrons. The number of likely N-dealkylation sites (tertiary alicyclic amines) is 1. The van der Waals surface area contributed by atoms with Crippen molar-refractivity contribution < 1.29 is 14.1 Å². The standard InChI is InChI=1S/C13H18N4O3/c1-4-13(3,8-14)12(18)17-5-10(6-17)19-7-11-15-9(2)16-20-11/h10H,4-7H2,1-3H3. The van der Waals surface area contributed by atoms with Gasteiger partial charge in [0.1, 0.15) is 12.0 Å². The number of hydrogen-bond acceptors (Lipinski definition) is 6. The van der Waals surface area contributed by atoms with Crippen LogP contribution in [0.5, 0.6) is 0 Å². The Hall–Kier alpha value is -1.94. The molecule has 20 heavy (non-hydrogen) atoms. The molecule has 0 aliphatic carbocycles. The smallest absolute Gasteiger partial charge is 0.252 e. The summed E-state index contributed by atoms with van der Waals surface area (Å²) in [6, 6.07) is 2.09. The Morgan fingerprint density at radius 3 is 2.85 bits per heavy atom. The number of rotatable bonds is 5. The van der Waals surface area contributed by atoms with Crippen molar-refractivity contribution in [1.82, 2.24) is 15.0 Å². The van der Waals surface area contributed by atoms with E-state index in [2.05, 4.69) is 16.2 Å². The molecule has 1 saturated heterocycles. The minimum Gasteiger partial charge on any atom is -0.365 e. The monoisotopic (exact) mass is 278 g/mol. The Labute approximate surface area is 117 Å². The van der Waals surface area contributed by atoms with Crippen LogP contribution in [0, 0.1) is 23.7 Å². The summed E-state index contributed by atoms with van der Waals surface area (Å²) in [4.78, 5) is 17.8. The molecule has 0 radical (unpaired) electrons. The van der Waals surface area contributed by atoms with Crippen molar-refractivity contribution in [2.75, 3.05) is 13.1 Å². The Morgan fingerprint density at radius 1 is 1.65 bits per heavy atom. The van der Waals surface area contributed by atoms with Gasteiger partial charge in [-0.1, -0.05) is 12.1 Å². The van der Waals surface area contributed by atoms with Gasteiger partial charge in [0.25, 0.3) is 5.89 Å². The van der Waals surface area contributed by atoms with Crippen LogP contribution in [0.3, 0.4) is 0 Å². The van der Waals surface area contributed by atoms with Crippen LogP contribution >= 0.6 is 0 Å². The average molecular weight is 278 g/mol. The first-order valence-electron chi connectivity index (χ1n) is 6.60. The van der Waals surface area contributed by atoms with E-state index in [1.807, 2.05) is 6.92 Å². The van der Waals surface area contributed by atoms with E-state index in [0.717, 1.165) is 0 Å². The van der Waals surface area contributed by atoms with Crippen LogP contribution in [-0.4, -0.2) is 40.1 Å². The SMILES string of the molecule is CCC(C)(C#N)C(=O)N1CC(OCc2nc(C)no2)C1. The second-order valence-electron chi connectivity index (χ2n) is 5.18. The molecular formula is C13H18N4O3. The van der Waals surface area contributed by atoms with E-state index in [1.54, 1.807) is 18.7 Å². The van der Waals surface area contributed by atoms with Gasteiger partial charge in [-0.25, -0.2) is 0 Å². The maximum atomic E-state index is 12.1. The topological polar surface area (TPSA) is 92.2 Å². The second-order valence-corrected chi connectivity index (χ2v) is 5.18. The molecular weight excluding hydrogens is 260 g/mol. The van der Waals surface area contributed by atoms with Gasteiger partial charge in [0, 0.05) is 13.1 Å². The van der Waals surface area contributed by atoms with Gasteiger partial charge in [-0.15, -0.1) is 0 Å². The highest BCUT2D eigenvalue weighted by Gasteiger charge is 2.41. The van der Waals surface area contributed by atoms with Gasteiger partial charge in [-0.05, 0) is 20.3 Å². The van der Waals surface area contributed by atoms with E-state index in [-0.39, 0.29) is 18.6 Å². The third-order valence-corrected chi connectivity index (χ3v) is 3.57. The summed E-state index contributed by atoms with van der Waals surface area (Å²) in [5.41, 5.74) is -0.936. The largest absolute Gasteiger partial charge is 0.365 e. The van der Waals surface area contributed by atoms with E-state index in [1.165, 1.54) is 0 Å². The number of aromatic nitrogens is 2. The third-order valence-electron chi connectivity index (χ3n) is 3.57. The Balaban J connectivity index is 1.77. The van der Waals surface area contributed by atoms with E-state index in [0.29, 0.717) is 31.2 Å². The molecule has 2 rings (SSSR count). The fraction of sp³-hybridized carbons (Fsp3) is 0.692. The molecule has 0 N–H and O–H groups in total. The first-order chi connectivity index (χ1) is 9.48. The van der Waals surface area contributed by atoms with E-state index < -0.39 is 5.41 Å². The van der Waals surface area contributed by atoms with Crippen molar-refractivity contribution in [3.8, 4) is 6.07 Å². The number of amides is 1. The lowest BCUT2D eigenvalue weighted by Crippen LogP contribution is -2.58. The van der Waals surface area contributed by atoms with E-state index >= 15 is 0 Å². The third kappa shape index (κ3) is 2.80. The molecule has 7 heteroatoms. The number of ether oxygens (including phenoxy) is 1. The van der Waals surface area contributed by atoms with Crippen molar-refractivity contribution in [3.63, 3.8) is 0 Å². The molecule has 1 amide bonds. The van der Waals surface area contributed by atoms with Crippen LogP contribution in [0.25, 0.3) is 0 Å². The Morgan fingerprint density at radius 2 is 2.35 bits per heavy atom. The maximum Gasteiger partial charge on any atom is 0.252 e. The van der Waals surface area contributed by atoms with Crippen molar-refractivity contribution in [2.24, 2.45) is 5.41 Å². The second kappa shape index (κ2) is 5.59. The average Bonchev–Trinajstić information content (AvgIpc) is 2.81. The van der Waals surface area contributed by atoms with Crippen molar-refractivity contribution in [1.29, 1.82) is 5.26 Å². The van der Waals surface area contributed by atoms with Gasteiger partial charge in [0.05, 0.1) is 12.2 Å². The minimum atomic E-state index is -0.936. The number of nitrogens with zero attached hydrogens (tertiary/aromatic N) is 4. The lowest BCUT2D eigenvalue weighted by Gasteiger charge is -2.41. The highest BCUT2D eigenvalue weighted by atomic mass is 16.5. The number of hydrogen-bond donors (Lipinski definition) is 0. The summed E-state index contributed by atoms with van der Waals surface area (Å²) in [5, 5.41) is 12.8. The van der Waals surface area contributed by atoms with Gasteiger partial charge in [0.15, 0.2) is 5.82 Å². The number of carbonyl (C=O) groups is 1. The van der Waals surface area contributed by atoms with Gasteiger partial charge in [-0.2, -0.15) is 10.2 Å². The van der Waals surface area contributed by atoms with Gasteiger partial charge < -0.3 is 14.2 Å². The van der Waals surface area contributed by atoms with Gasteiger partial charge >= 0.3 is 0 Å². The van der Waals surface area contributed by atoms with Crippen LogP contribution in [0.2, 0.25) is 0 Å². The van der Waals surface area contributed by atoms with Crippen LogP contribution in [0.1, 0.15) is 32.0 Å². The molecule has 2 heterocycles. The number of nitriles is 1. The van der Waals surface area contributed by atoms with Crippen molar-refractivity contribution in [2.45, 2.75) is 39.9 Å². The molecule has 1 unspecified atom stereocenters. The van der Waals surface area contributed by atoms with Crippen molar-refractivity contribution >= 4 is 5.91 Å². The fourth-order valence-corrected chi connectivity index (χ4v) is 1.92. The molecule has 1 aromatic heterocycles. The summed E-state index contributed by atoms with van der Waals surface area (Å²) < 4.78 is 10.5. The molecule has 1 aromatic rings. The molecule has 1 aliphatic heterocycles. The highest BCUT2D eigenvalue weighted by molar-refractivity contribution is 5.85. The van der Waals surface area contributed by atoms with Crippen molar-refractivity contribution in [3.05, 3.63) is 11.7 Å². The molecule has 7 nitrogen and oxygen atoms in total. The van der Waals surface area contributed by atoms with Crippen LogP contribution < -0.4 is 0 Å². The molecule has 1 fully saturated rings. The predicted octanol–water partition coefficient (Wildman–Crippen LogP) is 1.05. The van der Waals surface area contributed by atoms with E-state index in [4.69, 9.17) is 14.5 Å². The van der Waals surface area contributed by atoms with Crippen LogP contribution in [0.4, 0.5) is 0 Å². The van der Waals surface area contributed by atoms with Crippen LogP contribution in [0.15, 0.2) is 4.52 Å². The van der Waals surface area contributed by atoms with E-state index in [9.17, 15) is 4.79 Å². The number of carbonyl (C=O) groups excluding carboxylic acids is 1. The highest BCUT2D eigenvalue weighted by Crippen LogP contribution is 2.26. The summed E-state index contributed by atoms with van der Waals surface area (Å²) in [6.45, 7) is 6.50. The summed E-state index contributed by atoms with van der Waals surface area (Å²) in [7, 11) is 0. The normalized spacial score (nSPS) is 18.2. The number of aryl methyl sites for hydroxylation is 1. The zero-order chi connectivity index (χ0) is 14.8. The molecule has 0 spiro atoms. The lowest BCUT2D eigenvalue weighted by molar-refractivity contribution is -0.153. The first kappa shape index (κ1) is 14.5. The molecule has 0 aromatic carbocycles. The molecule has 1 atom stereocenters. The van der Waals surface area contributed by atoms with Crippen LogP contribution in [-0.2, 0) is 16.1 Å². The first-order valence-corrected chi connectivity index (χ1v) is 6.60. The molecule has 0 bridgehead atoms. The molecule has 0 saturated carbocycles. The van der Waals surface area contributed by atoms with Gasteiger partial charge in [0.2, 0.25) is 5.91 Å². The summed E-state index contributed by atoms with van der Waals surface area (Å²) >= 11 is 0. The lowest BCUT2D eigenvalue weighted by atomic mass is 9.86. The molecule has 1 aliphatic rings. The zero-order valence-electron chi connectivity index (χ0n) is 11.9. The fourth-order valence-electron chi connectivity index (χ4n) is 1.92. The zero-order valence-corrected chi connectivity index (χ0v) is 11.9. The Bertz CT molecular complexity index is 530. The predicted molar refractivity (Wildman–Crippen MR) is 68.2 cm³/mol. The maximum absolute atomic E-state index is 12.1. The quantitative estimate of drug-likeness (QED) is 0.799. The minimum absolute atomic E-state index is 0.0362. The summed E-state index contributed by atoms with van der Waals surface area (Å²) in [5.74, 6) is 0.875.